The van der Waals surface area contributed by atoms with Gasteiger partial charge in [0.15, 0.2) is 0 Å². The van der Waals surface area contributed by atoms with Crippen LogP contribution in [0.4, 0.5) is 0 Å². The van der Waals surface area contributed by atoms with Crippen molar-refractivity contribution >= 4 is 17.7 Å². The summed E-state index contributed by atoms with van der Waals surface area (Å²) in [7, 11) is 0. The first-order chi connectivity index (χ1) is 10.1. The highest BCUT2D eigenvalue weighted by molar-refractivity contribution is 7.99. The second-order valence-corrected chi connectivity index (χ2v) is 7.72. The maximum absolute atomic E-state index is 12.4. The van der Waals surface area contributed by atoms with Gasteiger partial charge in [-0.1, -0.05) is 0 Å². The lowest BCUT2D eigenvalue weighted by molar-refractivity contribution is -0.127. The maximum Gasteiger partial charge on any atom is 0.237 e. The van der Waals surface area contributed by atoms with Gasteiger partial charge in [-0.15, -0.1) is 0 Å². The highest BCUT2D eigenvalue weighted by Gasteiger charge is 2.27. The number of carbonyl (C=O) groups is 1. The monoisotopic (exact) mass is 314 g/mol. The van der Waals surface area contributed by atoms with Gasteiger partial charge >= 0.3 is 0 Å². The van der Waals surface area contributed by atoms with Crippen LogP contribution in [0.25, 0.3) is 0 Å². The van der Waals surface area contributed by atoms with Crippen LogP contribution >= 0.6 is 11.8 Å². The van der Waals surface area contributed by atoms with Crippen molar-refractivity contribution in [2.75, 3.05) is 24.6 Å². The van der Waals surface area contributed by atoms with Crippen LogP contribution in [0.15, 0.2) is 0 Å². The molecule has 1 unspecified atom stereocenters. The van der Waals surface area contributed by atoms with Crippen LogP contribution in [-0.4, -0.2) is 59.7 Å². The van der Waals surface area contributed by atoms with Crippen LogP contribution in [0.5, 0.6) is 0 Å². The van der Waals surface area contributed by atoms with E-state index in [4.69, 9.17) is 4.74 Å². The number of hydrogen-bond acceptors (Lipinski definition) is 4. The minimum Gasteiger partial charge on any atom is -0.376 e. The number of rotatable bonds is 5. The normalized spacial score (nSPS) is 29.3. The summed E-state index contributed by atoms with van der Waals surface area (Å²) in [6.07, 6.45) is 4.92. The van der Waals surface area contributed by atoms with Gasteiger partial charge in [0.2, 0.25) is 5.91 Å². The number of amides is 1. The van der Waals surface area contributed by atoms with Gasteiger partial charge in [0.1, 0.15) is 0 Å². The Kier molecular flexibility index (Phi) is 6.83. The molecule has 2 fully saturated rings. The van der Waals surface area contributed by atoms with Gasteiger partial charge in [-0.3, -0.25) is 9.69 Å². The minimum atomic E-state index is 0.00976. The van der Waals surface area contributed by atoms with Crippen molar-refractivity contribution in [2.45, 2.75) is 70.7 Å². The van der Waals surface area contributed by atoms with E-state index in [1.54, 1.807) is 0 Å². The third-order valence-electron chi connectivity index (χ3n) is 4.46. The third kappa shape index (κ3) is 5.46. The number of thioether (sulfide) groups is 1. The molecule has 5 heteroatoms. The van der Waals surface area contributed by atoms with Crippen molar-refractivity contribution in [3.8, 4) is 0 Å². The fourth-order valence-corrected chi connectivity index (χ4v) is 4.11. The Hall–Kier alpha value is -0.260. The van der Waals surface area contributed by atoms with Gasteiger partial charge < -0.3 is 10.1 Å². The summed E-state index contributed by atoms with van der Waals surface area (Å²) in [5.41, 5.74) is 0. The van der Waals surface area contributed by atoms with Gasteiger partial charge in [0.25, 0.3) is 0 Å². The molecule has 2 rings (SSSR count). The number of ether oxygens (including phenoxy) is 1. The Labute approximate surface area is 133 Å². The zero-order chi connectivity index (χ0) is 15.2. The number of nitrogens with one attached hydrogen (secondary N) is 1. The summed E-state index contributed by atoms with van der Waals surface area (Å²) in [4.78, 5) is 14.7. The lowest BCUT2D eigenvalue weighted by atomic mass is 9.92. The molecule has 1 saturated carbocycles. The summed E-state index contributed by atoms with van der Waals surface area (Å²) in [6, 6.07) is 0.349. The molecule has 1 aliphatic heterocycles. The zero-order valence-electron chi connectivity index (χ0n) is 13.6. The Morgan fingerprint density at radius 3 is 2.33 bits per heavy atom. The fraction of sp³-hybridized carbons (Fsp3) is 0.938. The number of nitrogens with zero attached hydrogens (tertiary/aromatic N) is 1. The van der Waals surface area contributed by atoms with E-state index in [1.165, 1.54) is 0 Å². The van der Waals surface area contributed by atoms with E-state index in [2.05, 4.69) is 24.1 Å². The van der Waals surface area contributed by atoms with E-state index in [-0.39, 0.29) is 11.9 Å². The van der Waals surface area contributed by atoms with E-state index in [0.29, 0.717) is 18.2 Å². The quantitative estimate of drug-likeness (QED) is 0.845. The molecule has 1 atom stereocenters. The number of carbonyl (C=O) groups excluding carboxylic acids is 1. The van der Waals surface area contributed by atoms with Crippen LogP contribution in [0.2, 0.25) is 0 Å². The van der Waals surface area contributed by atoms with E-state index in [0.717, 1.165) is 50.3 Å². The molecule has 4 nitrogen and oxygen atoms in total. The average molecular weight is 314 g/mol. The highest BCUT2D eigenvalue weighted by atomic mass is 32.2. The molecule has 21 heavy (non-hydrogen) atoms. The first kappa shape index (κ1) is 17.1. The molecular weight excluding hydrogens is 284 g/mol. The Morgan fingerprint density at radius 1 is 1.14 bits per heavy atom. The summed E-state index contributed by atoms with van der Waals surface area (Å²) >= 11 is 1.98. The van der Waals surface area contributed by atoms with Crippen LogP contribution in [-0.2, 0) is 9.53 Å². The van der Waals surface area contributed by atoms with Crippen molar-refractivity contribution in [3.05, 3.63) is 0 Å². The summed E-state index contributed by atoms with van der Waals surface area (Å²) in [5, 5.41) is 3.25. The van der Waals surface area contributed by atoms with E-state index >= 15 is 0 Å². The standard InChI is InChI=1S/C16H30N2O2S/c1-12(2)20-15-6-4-14(5-7-15)17-16(19)13(3)18-8-10-21-11-9-18/h12-15H,4-11H2,1-3H3,(H,17,19). The molecule has 2 aliphatic rings. The predicted molar refractivity (Wildman–Crippen MR) is 88.8 cm³/mol. The first-order valence-corrected chi connectivity index (χ1v) is 9.49. The summed E-state index contributed by atoms with van der Waals surface area (Å²) in [5.74, 6) is 2.50. The highest BCUT2D eigenvalue weighted by Crippen LogP contribution is 2.22. The molecule has 0 bridgehead atoms. The van der Waals surface area contributed by atoms with Gasteiger partial charge in [-0.25, -0.2) is 0 Å². The summed E-state index contributed by atoms with van der Waals surface area (Å²) in [6.45, 7) is 8.29. The molecule has 1 heterocycles. The molecule has 1 N–H and O–H groups in total. The largest absolute Gasteiger partial charge is 0.376 e. The molecule has 0 aromatic heterocycles. The van der Waals surface area contributed by atoms with E-state index in [1.807, 2.05) is 18.7 Å². The van der Waals surface area contributed by atoms with Crippen molar-refractivity contribution in [3.63, 3.8) is 0 Å². The molecule has 1 saturated heterocycles. The molecular formula is C16H30N2O2S. The lowest BCUT2D eigenvalue weighted by Crippen LogP contribution is -2.51. The maximum atomic E-state index is 12.4. The van der Waals surface area contributed by atoms with Gasteiger partial charge in [0.05, 0.1) is 18.2 Å². The lowest BCUT2D eigenvalue weighted by Gasteiger charge is -2.34. The van der Waals surface area contributed by atoms with Gasteiger partial charge in [0, 0.05) is 30.6 Å². The van der Waals surface area contributed by atoms with Crippen LogP contribution in [0.3, 0.4) is 0 Å². The van der Waals surface area contributed by atoms with Crippen LogP contribution < -0.4 is 5.32 Å². The van der Waals surface area contributed by atoms with Crippen molar-refractivity contribution < 1.29 is 9.53 Å². The van der Waals surface area contributed by atoms with E-state index < -0.39 is 0 Å². The van der Waals surface area contributed by atoms with Gasteiger partial charge in [-0.05, 0) is 46.5 Å². The van der Waals surface area contributed by atoms with Crippen molar-refractivity contribution in [1.82, 2.24) is 10.2 Å². The third-order valence-corrected chi connectivity index (χ3v) is 5.40. The second kappa shape index (κ2) is 8.39. The second-order valence-electron chi connectivity index (χ2n) is 6.49. The average Bonchev–Trinajstić information content (AvgIpc) is 2.49. The Morgan fingerprint density at radius 2 is 1.76 bits per heavy atom. The zero-order valence-corrected chi connectivity index (χ0v) is 14.5. The van der Waals surface area contributed by atoms with Crippen LogP contribution in [0, 0.1) is 0 Å². The molecule has 122 valence electrons. The van der Waals surface area contributed by atoms with Gasteiger partial charge in [-0.2, -0.15) is 11.8 Å². The van der Waals surface area contributed by atoms with E-state index in [9.17, 15) is 4.79 Å². The molecule has 0 aromatic carbocycles. The smallest absolute Gasteiger partial charge is 0.237 e. The van der Waals surface area contributed by atoms with Crippen molar-refractivity contribution in [2.24, 2.45) is 0 Å². The summed E-state index contributed by atoms with van der Waals surface area (Å²) < 4.78 is 5.86. The topological polar surface area (TPSA) is 41.6 Å². The minimum absolute atomic E-state index is 0.00976. The Bertz CT molecular complexity index is 324. The van der Waals surface area contributed by atoms with Crippen LogP contribution in [0.1, 0.15) is 46.5 Å². The fourth-order valence-electron chi connectivity index (χ4n) is 3.18. The van der Waals surface area contributed by atoms with Crippen molar-refractivity contribution in [1.29, 1.82) is 0 Å². The Balaban J connectivity index is 1.71. The predicted octanol–water partition coefficient (Wildman–Crippen LogP) is 2.28. The molecule has 0 radical (unpaired) electrons. The molecule has 0 spiro atoms. The first-order valence-electron chi connectivity index (χ1n) is 8.34. The SMILES string of the molecule is CC(C)OC1CCC(NC(=O)C(C)N2CCSCC2)CC1. The molecule has 0 aromatic rings. The molecule has 1 amide bonds. The number of hydrogen-bond donors (Lipinski definition) is 1. The molecule has 1 aliphatic carbocycles.